The van der Waals surface area contributed by atoms with Gasteiger partial charge in [0.2, 0.25) is 0 Å². The lowest BCUT2D eigenvalue weighted by molar-refractivity contribution is 0.0954. The maximum absolute atomic E-state index is 8.58. The summed E-state index contributed by atoms with van der Waals surface area (Å²) < 4.78 is 9.80. The number of rotatable bonds is 3. The van der Waals surface area contributed by atoms with Gasteiger partial charge in [-0.2, -0.15) is 5.26 Å². The molecular weight excluding hydrogens is 170 g/mol. The Bertz CT molecular complexity index is 330. The summed E-state index contributed by atoms with van der Waals surface area (Å²) in [6.45, 7) is -0.439. The van der Waals surface area contributed by atoms with Crippen LogP contribution in [-0.4, -0.2) is 19.0 Å². The summed E-state index contributed by atoms with van der Waals surface area (Å²) in [7, 11) is 1.49. The second-order valence-electron chi connectivity index (χ2n) is 2.25. The number of nitriles is 1. The van der Waals surface area contributed by atoms with Crippen LogP contribution >= 0.6 is 0 Å². The second kappa shape index (κ2) is 4.33. The average Bonchev–Trinajstić information content (AvgIpc) is 2.18. The molecule has 13 heavy (non-hydrogen) atoms. The molecule has 0 fully saturated rings. The Kier molecular flexibility index (Phi) is 3.12. The maximum Gasteiger partial charge on any atom is 0.186 e. The molecule has 1 N–H and O–H groups in total. The first-order valence-electron chi connectivity index (χ1n) is 3.63. The van der Waals surface area contributed by atoms with Crippen LogP contribution in [0.25, 0.3) is 0 Å². The molecule has 1 rings (SSSR count). The van der Waals surface area contributed by atoms with Crippen LogP contribution in [-0.2, 0) is 0 Å². The molecule has 4 heteroatoms. The number of methoxy groups -OCH3 is 1. The van der Waals surface area contributed by atoms with E-state index in [0.29, 0.717) is 17.1 Å². The predicted octanol–water partition coefficient (Wildman–Crippen LogP) is 0.895. The Hall–Kier alpha value is -1.73. The van der Waals surface area contributed by atoms with Crippen molar-refractivity contribution in [1.82, 2.24) is 0 Å². The van der Waals surface area contributed by atoms with Gasteiger partial charge in [0.05, 0.1) is 18.7 Å². The molecule has 0 bridgehead atoms. The van der Waals surface area contributed by atoms with Crippen molar-refractivity contribution in [1.29, 1.82) is 5.26 Å². The minimum atomic E-state index is -0.439. The number of ether oxygens (including phenoxy) is 2. The van der Waals surface area contributed by atoms with Gasteiger partial charge in [-0.3, -0.25) is 0 Å². The molecule has 0 radical (unpaired) electrons. The van der Waals surface area contributed by atoms with Gasteiger partial charge in [0.15, 0.2) is 18.3 Å². The van der Waals surface area contributed by atoms with E-state index in [4.69, 9.17) is 19.8 Å². The fourth-order valence-corrected chi connectivity index (χ4v) is 0.929. The zero-order valence-corrected chi connectivity index (χ0v) is 7.15. The van der Waals surface area contributed by atoms with Crippen LogP contribution < -0.4 is 9.47 Å². The lowest BCUT2D eigenvalue weighted by Gasteiger charge is -2.07. The molecule has 0 aliphatic carbocycles. The van der Waals surface area contributed by atoms with E-state index in [1.807, 2.05) is 6.07 Å². The second-order valence-corrected chi connectivity index (χ2v) is 2.25. The summed E-state index contributed by atoms with van der Waals surface area (Å²) in [5.41, 5.74) is 0.462. The Morgan fingerprint density at radius 2 is 2.23 bits per heavy atom. The van der Waals surface area contributed by atoms with Gasteiger partial charge >= 0.3 is 0 Å². The Labute approximate surface area is 75.9 Å². The molecule has 1 aromatic carbocycles. The normalized spacial score (nSPS) is 9.00. The van der Waals surface area contributed by atoms with Gasteiger partial charge in [-0.05, 0) is 12.1 Å². The zero-order chi connectivity index (χ0) is 9.68. The summed E-state index contributed by atoms with van der Waals surface area (Å²) in [6, 6.07) is 6.70. The van der Waals surface area contributed by atoms with Crippen molar-refractivity contribution >= 4 is 0 Å². The third-order valence-electron chi connectivity index (χ3n) is 1.51. The van der Waals surface area contributed by atoms with Crippen LogP contribution in [0.5, 0.6) is 11.5 Å². The van der Waals surface area contributed by atoms with Crippen molar-refractivity contribution in [3.05, 3.63) is 23.8 Å². The first-order valence-corrected chi connectivity index (χ1v) is 3.63. The SMILES string of the molecule is COc1ccc(C#N)cc1OCO. The molecular formula is C9H9NO3. The maximum atomic E-state index is 8.58. The van der Waals surface area contributed by atoms with E-state index in [2.05, 4.69) is 0 Å². The average molecular weight is 179 g/mol. The van der Waals surface area contributed by atoms with Crippen molar-refractivity contribution < 1.29 is 14.6 Å². The molecule has 4 nitrogen and oxygen atoms in total. The molecule has 0 aromatic heterocycles. The van der Waals surface area contributed by atoms with Gasteiger partial charge in [-0.15, -0.1) is 0 Å². The number of aliphatic hydroxyl groups excluding tert-OH is 1. The van der Waals surface area contributed by atoms with Crippen LogP contribution in [0.1, 0.15) is 5.56 Å². The van der Waals surface area contributed by atoms with Gasteiger partial charge < -0.3 is 14.6 Å². The largest absolute Gasteiger partial charge is 0.493 e. The Morgan fingerprint density at radius 3 is 2.77 bits per heavy atom. The highest BCUT2D eigenvalue weighted by molar-refractivity contribution is 5.46. The van der Waals surface area contributed by atoms with E-state index in [1.165, 1.54) is 13.2 Å². The minimum absolute atomic E-state index is 0.365. The number of hydrogen-bond acceptors (Lipinski definition) is 4. The molecule has 68 valence electrons. The van der Waals surface area contributed by atoms with Crippen LogP contribution in [0.3, 0.4) is 0 Å². The molecule has 1 aromatic rings. The number of nitrogens with zero attached hydrogens (tertiary/aromatic N) is 1. The summed E-state index contributed by atoms with van der Waals surface area (Å²) in [6.07, 6.45) is 0. The van der Waals surface area contributed by atoms with E-state index in [-0.39, 0.29) is 0 Å². The van der Waals surface area contributed by atoms with Crippen LogP contribution in [0, 0.1) is 11.3 Å². The van der Waals surface area contributed by atoms with Crippen molar-refractivity contribution in [2.24, 2.45) is 0 Å². The molecule has 0 spiro atoms. The molecule has 0 amide bonds. The number of aliphatic hydroxyl groups is 1. The fourth-order valence-electron chi connectivity index (χ4n) is 0.929. The van der Waals surface area contributed by atoms with Gasteiger partial charge in [0, 0.05) is 6.07 Å². The topological polar surface area (TPSA) is 62.5 Å². The van der Waals surface area contributed by atoms with E-state index in [1.54, 1.807) is 12.1 Å². The lowest BCUT2D eigenvalue weighted by atomic mass is 10.2. The van der Waals surface area contributed by atoms with Crippen molar-refractivity contribution in [3.8, 4) is 17.6 Å². The Balaban J connectivity index is 3.04. The van der Waals surface area contributed by atoms with Gasteiger partial charge in [0.25, 0.3) is 0 Å². The third-order valence-corrected chi connectivity index (χ3v) is 1.51. The van der Waals surface area contributed by atoms with Gasteiger partial charge in [-0.1, -0.05) is 0 Å². The van der Waals surface area contributed by atoms with Crippen molar-refractivity contribution in [2.75, 3.05) is 13.9 Å². The summed E-state index contributed by atoms with van der Waals surface area (Å²) >= 11 is 0. The highest BCUT2D eigenvalue weighted by Gasteiger charge is 2.04. The molecule has 0 saturated heterocycles. The van der Waals surface area contributed by atoms with Gasteiger partial charge in [0.1, 0.15) is 0 Å². The molecule has 0 heterocycles. The van der Waals surface area contributed by atoms with Crippen LogP contribution in [0.4, 0.5) is 0 Å². The minimum Gasteiger partial charge on any atom is -0.493 e. The summed E-state index contributed by atoms with van der Waals surface area (Å²) in [5.74, 6) is 0.858. The molecule has 0 unspecified atom stereocenters. The van der Waals surface area contributed by atoms with Crippen molar-refractivity contribution in [2.45, 2.75) is 0 Å². The summed E-state index contributed by atoms with van der Waals surface area (Å²) in [4.78, 5) is 0. The van der Waals surface area contributed by atoms with E-state index in [9.17, 15) is 0 Å². The van der Waals surface area contributed by atoms with E-state index >= 15 is 0 Å². The molecule has 0 saturated carbocycles. The number of benzene rings is 1. The van der Waals surface area contributed by atoms with Crippen molar-refractivity contribution in [3.63, 3.8) is 0 Å². The molecule has 0 aliphatic heterocycles. The highest BCUT2D eigenvalue weighted by atomic mass is 16.6. The highest BCUT2D eigenvalue weighted by Crippen LogP contribution is 2.27. The first kappa shape index (κ1) is 9.36. The molecule has 0 aliphatic rings. The predicted molar refractivity (Wildman–Crippen MR) is 45.4 cm³/mol. The Morgan fingerprint density at radius 1 is 1.46 bits per heavy atom. The van der Waals surface area contributed by atoms with Gasteiger partial charge in [-0.25, -0.2) is 0 Å². The van der Waals surface area contributed by atoms with E-state index in [0.717, 1.165) is 0 Å². The monoisotopic (exact) mass is 179 g/mol. The van der Waals surface area contributed by atoms with Crippen LogP contribution in [0.2, 0.25) is 0 Å². The smallest absolute Gasteiger partial charge is 0.186 e. The van der Waals surface area contributed by atoms with Crippen LogP contribution in [0.15, 0.2) is 18.2 Å². The molecule has 0 atom stereocenters. The summed E-state index contributed by atoms with van der Waals surface area (Å²) in [5, 5.41) is 17.1. The number of hydrogen-bond donors (Lipinski definition) is 1. The lowest BCUT2D eigenvalue weighted by Crippen LogP contribution is -1.97. The standard InChI is InChI=1S/C9H9NO3/c1-12-8-3-2-7(5-10)4-9(8)13-6-11/h2-4,11H,6H2,1H3. The third kappa shape index (κ3) is 2.10. The zero-order valence-electron chi connectivity index (χ0n) is 7.15. The first-order chi connectivity index (χ1) is 6.31. The quantitative estimate of drug-likeness (QED) is 0.700. The van der Waals surface area contributed by atoms with E-state index < -0.39 is 6.79 Å². The fraction of sp³-hybridized carbons (Fsp3) is 0.222.